The summed E-state index contributed by atoms with van der Waals surface area (Å²) < 4.78 is 0. The molecule has 5 heterocycles. The Morgan fingerprint density at radius 2 is 0.952 bits per heavy atom. The minimum absolute atomic E-state index is 0. The summed E-state index contributed by atoms with van der Waals surface area (Å²) in [7, 11) is 0. The second kappa shape index (κ2) is 12.2. The number of nitrogens with zero attached hydrogens (tertiary/aromatic N) is 4. The Bertz CT molecular complexity index is 1600. The van der Waals surface area contributed by atoms with Gasteiger partial charge in [0.15, 0.2) is 0 Å². The SMILES string of the molecule is O=C(c1cccc(C2=Nc3ccccc3C2)[nH+]1)N1CCN(C(=O)c2cccc(C3=Nc4ccccc4C3)[nH+]2)CC1.[Cl-].[Cl-]. The number of fused-ring (bicyclic) bond motifs is 2. The summed E-state index contributed by atoms with van der Waals surface area (Å²) in [4.78, 5) is 46.4. The Balaban J connectivity index is 0.00000176. The van der Waals surface area contributed by atoms with Crippen molar-refractivity contribution >= 4 is 34.6 Å². The molecule has 0 bridgehead atoms. The Hall–Kier alpha value is -4.40. The number of hydrogen-bond donors (Lipinski definition) is 0. The van der Waals surface area contributed by atoms with Crippen LogP contribution in [0.3, 0.4) is 0 Å². The predicted octanol–water partition coefficient (Wildman–Crippen LogP) is -2.73. The highest BCUT2D eigenvalue weighted by molar-refractivity contribution is 6.05. The Morgan fingerprint density at radius 3 is 1.36 bits per heavy atom. The van der Waals surface area contributed by atoms with Gasteiger partial charge in [-0.15, -0.1) is 0 Å². The Labute approximate surface area is 256 Å². The van der Waals surface area contributed by atoms with Crippen molar-refractivity contribution in [3.05, 3.63) is 119 Å². The zero-order chi connectivity index (χ0) is 27.1. The predicted molar refractivity (Wildman–Crippen MR) is 150 cm³/mol. The molecule has 4 aromatic rings. The minimum atomic E-state index is -0.0718. The molecule has 1 saturated heterocycles. The van der Waals surface area contributed by atoms with Gasteiger partial charge < -0.3 is 34.6 Å². The van der Waals surface area contributed by atoms with Gasteiger partial charge in [-0.25, -0.2) is 9.98 Å². The third kappa shape index (κ3) is 5.55. The molecule has 212 valence electrons. The maximum absolute atomic E-state index is 13.3. The summed E-state index contributed by atoms with van der Waals surface area (Å²) in [5.41, 5.74) is 8.93. The molecule has 3 aliphatic rings. The second-order valence-electron chi connectivity index (χ2n) is 10.3. The van der Waals surface area contributed by atoms with Crippen LogP contribution in [-0.2, 0) is 12.8 Å². The summed E-state index contributed by atoms with van der Waals surface area (Å²) >= 11 is 0. The minimum Gasteiger partial charge on any atom is -1.00 e. The van der Waals surface area contributed by atoms with E-state index in [2.05, 4.69) is 22.1 Å². The van der Waals surface area contributed by atoms with E-state index in [1.165, 1.54) is 11.1 Å². The van der Waals surface area contributed by atoms with Crippen LogP contribution in [0.25, 0.3) is 0 Å². The summed E-state index contributed by atoms with van der Waals surface area (Å²) in [6.45, 7) is 1.88. The van der Waals surface area contributed by atoms with E-state index >= 15 is 0 Å². The van der Waals surface area contributed by atoms with Gasteiger partial charge in [0, 0.05) is 63.3 Å². The number of nitrogens with one attached hydrogen (secondary N) is 2. The topological polar surface area (TPSA) is 93.6 Å². The molecule has 2 aromatic heterocycles. The van der Waals surface area contributed by atoms with Crippen LogP contribution in [0.2, 0.25) is 0 Å². The lowest BCUT2D eigenvalue weighted by molar-refractivity contribution is -0.385. The van der Waals surface area contributed by atoms with Crippen LogP contribution in [0.4, 0.5) is 11.4 Å². The molecule has 0 spiro atoms. The van der Waals surface area contributed by atoms with E-state index in [0.717, 1.165) is 47.0 Å². The summed E-state index contributed by atoms with van der Waals surface area (Å²) in [6, 6.07) is 27.5. The Kier molecular flexibility index (Phi) is 8.47. The average Bonchev–Trinajstić information content (AvgIpc) is 3.65. The van der Waals surface area contributed by atoms with Gasteiger partial charge in [-0.3, -0.25) is 9.59 Å². The molecule has 0 unspecified atom stereocenters. The first kappa shape index (κ1) is 29.1. The van der Waals surface area contributed by atoms with Crippen molar-refractivity contribution in [2.24, 2.45) is 9.98 Å². The summed E-state index contributed by atoms with van der Waals surface area (Å²) in [5.74, 6) is -0.144. The number of carbonyl (C=O) groups excluding carboxylic acids is 2. The molecular weight excluding hydrogens is 571 g/mol. The molecule has 0 radical (unpaired) electrons. The first-order valence-electron chi connectivity index (χ1n) is 13.6. The van der Waals surface area contributed by atoms with Crippen molar-refractivity contribution in [3.63, 3.8) is 0 Å². The second-order valence-corrected chi connectivity index (χ2v) is 10.3. The van der Waals surface area contributed by atoms with Gasteiger partial charge in [0.1, 0.15) is 11.4 Å². The Morgan fingerprint density at radius 1 is 0.548 bits per heavy atom. The van der Waals surface area contributed by atoms with Gasteiger partial charge >= 0.3 is 11.8 Å². The lowest BCUT2D eigenvalue weighted by Gasteiger charge is -2.33. The maximum Gasteiger partial charge on any atom is 0.318 e. The smallest absolute Gasteiger partial charge is 0.318 e. The number of H-pyrrole nitrogens is 2. The van der Waals surface area contributed by atoms with Crippen molar-refractivity contribution in [1.82, 2.24) is 9.80 Å². The van der Waals surface area contributed by atoms with Crippen molar-refractivity contribution < 1.29 is 44.4 Å². The molecule has 2 N–H and O–H groups in total. The number of aliphatic imine (C=N–C) groups is 2. The summed E-state index contributed by atoms with van der Waals surface area (Å²) in [6.07, 6.45) is 1.48. The lowest BCUT2D eigenvalue weighted by atomic mass is 10.1. The van der Waals surface area contributed by atoms with Crippen LogP contribution in [0, 0.1) is 0 Å². The van der Waals surface area contributed by atoms with E-state index in [4.69, 9.17) is 9.98 Å². The number of piperazine rings is 1. The van der Waals surface area contributed by atoms with Crippen molar-refractivity contribution in [1.29, 1.82) is 0 Å². The number of hydrogen-bond acceptors (Lipinski definition) is 4. The number of pyridine rings is 2. The highest BCUT2D eigenvalue weighted by Gasteiger charge is 2.32. The molecule has 3 aliphatic heterocycles. The van der Waals surface area contributed by atoms with E-state index in [1.54, 1.807) is 21.9 Å². The number of para-hydroxylation sites is 2. The van der Waals surface area contributed by atoms with Crippen LogP contribution < -0.4 is 34.8 Å². The lowest BCUT2D eigenvalue weighted by Crippen LogP contribution is -3.00. The number of rotatable bonds is 4. The summed E-state index contributed by atoms with van der Waals surface area (Å²) in [5, 5.41) is 0. The fourth-order valence-electron chi connectivity index (χ4n) is 5.56. The van der Waals surface area contributed by atoms with E-state index < -0.39 is 0 Å². The van der Waals surface area contributed by atoms with E-state index in [-0.39, 0.29) is 36.6 Å². The van der Waals surface area contributed by atoms with Gasteiger partial charge in [-0.2, -0.15) is 9.97 Å². The third-order valence-electron chi connectivity index (χ3n) is 7.74. The highest BCUT2D eigenvalue weighted by Crippen LogP contribution is 2.28. The number of benzene rings is 2. The van der Waals surface area contributed by atoms with Crippen LogP contribution >= 0.6 is 0 Å². The standard InChI is InChI=1S/C32H26N6O2.2ClH/c39-31(27-13-5-11-25(35-27)29-19-21-7-1-3-9-23(21)33-29)37-15-17-38(18-16-37)32(40)28-14-6-12-26(36-28)30-20-22-8-2-4-10-24(22)34-30;;/h1-14H,15-20H2;2*1H. The maximum atomic E-state index is 13.3. The molecule has 42 heavy (non-hydrogen) atoms. The molecule has 0 saturated carbocycles. The number of amides is 2. The zero-order valence-electron chi connectivity index (χ0n) is 22.7. The van der Waals surface area contributed by atoms with Crippen LogP contribution in [-0.4, -0.2) is 59.2 Å². The number of carbonyl (C=O) groups is 2. The normalized spacial score (nSPS) is 15.0. The first-order valence-corrected chi connectivity index (χ1v) is 13.6. The monoisotopic (exact) mass is 598 g/mol. The van der Waals surface area contributed by atoms with Gasteiger partial charge in [-0.05, 0) is 35.4 Å². The van der Waals surface area contributed by atoms with Crippen LogP contribution in [0.1, 0.15) is 43.5 Å². The van der Waals surface area contributed by atoms with Gasteiger partial charge in [-0.1, -0.05) is 36.4 Å². The fraction of sp³-hybridized carbons (Fsp3) is 0.188. The molecule has 8 nitrogen and oxygen atoms in total. The molecule has 7 rings (SSSR count). The van der Waals surface area contributed by atoms with Crippen molar-refractivity contribution in [2.45, 2.75) is 12.8 Å². The average molecular weight is 600 g/mol. The zero-order valence-corrected chi connectivity index (χ0v) is 24.2. The fourth-order valence-corrected chi connectivity index (χ4v) is 5.56. The molecule has 2 amide bonds. The van der Waals surface area contributed by atoms with Crippen LogP contribution in [0.5, 0.6) is 0 Å². The van der Waals surface area contributed by atoms with Crippen molar-refractivity contribution in [3.8, 4) is 0 Å². The molecule has 10 heteroatoms. The molecule has 1 fully saturated rings. The van der Waals surface area contributed by atoms with E-state index in [1.807, 2.05) is 60.7 Å². The van der Waals surface area contributed by atoms with Gasteiger partial charge in [0.25, 0.3) is 11.4 Å². The quantitative estimate of drug-likeness (QED) is 0.255. The number of halogens is 2. The number of aromatic amines is 2. The molecule has 2 aromatic carbocycles. The third-order valence-corrected chi connectivity index (χ3v) is 7.74. The van der Waals surface area contributed by atoms with Gasteiger partial charge in [0.2, 0.25) is 11.4 Å². The van der Waals surface area contributed by atoms with E-state index in [9.17, 15) is 9.59 Å². The first-order chi connectivity index (χ1) is 19.6. The van der Waals surface area contributed by atoms with E-state index in [0.29, 0.717) is 37.6 Å². The van der Waals surface area contributed by atoms with Crippen LogP contribution in [0.15, 0.2) is 94.9 Å². The number of aromatic nitrogens is 2. The largest absolute Gasteiger partial charge is 1.00 e. The van der Waals surface area contributed by atoms with Crippen molar-refractivity contribution in [2.75, 3.05) is 26.2 Å². The highest BCUT2D eigenvalue weighted by atomic mass is 35.5. The molecular formula is C32H28Cl2N6O2. The molecule has 0 aliphatic carbocycles. The molecule has 0 atom stereocenters. The van der Waals surface area contributed by atoms with Gasteiger partial charge in [0.05, 0.1) is 11.4 Å².